The van der Waals surface area contributed by atoms with Crippen LogP contribution in [0.5, 0.6) is 5.75 Å². The van der Waals surface area contributed by atoms with Gasteiger partial charge >= 0.3 is 0 Å². The zero-order valence-corrected chi connectivity index (χ0v) is 16.2. The average molecular weight is 395 g/mol. The van der Waals surface area contributed by atoms with Crippen LogP contribution in [-0.4, -0.2) is 41.0 Å². The minimum absolute atomic E-state index is 0.0239. The van der Waals surface area contributed by atoms with Gasteiger partial charge in [0.15, 0.2) is 11.6 Å². The highest BCUT2D eigenvalue weighted by Crippen LogP contribution is 2.28. The number of aromatic nitrogens is 2. The number of pyridine rings is 2. The molecule has 0 aliphatic carbocycles. The molecule has 3 heterocycles. The molecule has 1 saturated heterocycles. The SMILES string of the molecule is COc1ccc(CC(=O)N2CCC(c3cc4cccnc4c(=O)[nH]3)CC2)cc1F. The van der Waals surface area contributed by atoms with E-state index in [0.717, 1.165) is 23.9 Å². The number of nitrogens with zero attached hydrogens (tertiary/aromatic N) is 2. The summed E-state index contributed by atoms with van der Waals surface area (Å²) >= 11 is 0. The van der Waals surface area contributed by atoms with E-state index in [9.17, 15) is 14.0 Å². The van der Waals surface area contributed by atoms with Crippen molar-refractivity contribution in [3.63, 3.8) is 0 Å². The number of rotatable bonds is 4. The lowest BCUT2D eigenvalue weighted by molar-refractivity contribution is -0.131. The summed E-state index contributed by atoms with van der Waals surface area (Å²) in [6.07, 6.45) is 3.30. The van der Waals surface area contributed by atoms with Crippen molar-refractivity contribution in [3.8, 4) is 5.75 Å². The number of carbonyl (C=O) groups excluding carboxylic acids is 1. The van der Waals surface area contributed by atoms with Crippen LogP contribution in [0.1, 0.15) is 30.0 Å². The summed E-state index contributed by atoms with van der Waals surface area (Å²) in [5.74, 6) is -0.133. The van der Waals surface area contributed by atoms with Crippen molar-refractivity contribution < 1.29 is 13.9 Å². The Morgan fingerprint density at radius 3 is 2.79 bits per heavy atom. The van der Waals surface area contributed by atoms with E-state index < -0.39 is 5.82 Å². The maximum atomic E-state index is 13.8. The largest absolute Gasteiger partial charge is 0.494 e. The minimum atomic E-state index is -0.466. The number of H-pyrrole nitrogens is 1. The summed E-state index contributed by atoms with van der Waals surface area (Å²) in [6.45, 7) is 1.21. The summed E-state index contributed by atoms with van der Waals surface area (Å²) in [7, 11) is 1.41. The van der Waals surface area contributed by atoms with Crippen molar-refractivity contribution in [2.75, 3.05) is 20.2 Å². The lowest BCUT2D eigenvalue weighted by Crippen LogP contribution is -2.39. The number of halogens is 1. The second-order valence-electron chi connectivity index (χ2n) is 7.30. The number of fused-ring (bicyclic) bond motifs is 1. The fourth-order valence-electron chi connectivity index (χ4n) is 3.88. The molecule has 0 radical (unpaired) electrons. The first-order chi connectivity index (χ1) is 14.0. The van der Waals surface area contributed by atoms with Crippen LogP contribution in [0.4, 0.5) is 4.39 Å². The highest BCUT2D eigenvalue weighted by atomic mass is 19.1. The van der Waals surface area contributed by atoms with Crippen LogP contribution in [0, 0.1) is 5.82 Å². The number of amides is 1. The van der Waals surface area contributed by atoms with E-state index in [4.69, 9.17) is 4.74 Å². The molecule has 0 saturated carbocycles. The lowest BCUT2D eigenvalue weighted by Gasteiger charge is -2.32. The second-order valence-corrected chi connectivity index (χ2v) is 7.30. The van der Waals surface area contributed by atoms with Gasteiger partial charge in [0.1, 0.15) is 5.52 Å². The van der Waals surface area contributed by atoms with Crippen LogP contribution in [0.15, 0.2) is 47.4 Å². The molecule has 1 aliphatic rings. The predicted octanol–water partition coefficient (Wildman–Crippen LogP) is 3.02. The molecule has 1 fully saturated rings. The Bertz CT molecular complexity index is 1100. The van der Waals surface area contributed by atoms with Gasteiger partial charge in [0.2, 0.25) is 5.91 Å². The van der Waals surface area contributed by atoms with E-state index in [2.05, 4.69) is 9.97 Å². The Morgan fingerprint density at radius 2 is 2.07 bits per heavy atom. The van der Waals surface area contributed by atoms with Gasteiger partial charge in [0.25, 0.3) is 5.56 Å². The second kappa shape index (κ2) is 8.03. The molecule has 7 heteroatoms. The van der Waals surface area contributed by atoms with Crippen molar-refractivity contribution in [1.82, 2.24) is 14.9 Å². The first-order valence-electron chi connectivity index (χ1n) is 9.63. The molecule has 0 bridgehead atoms. The Balaban J connectivity index is 1.41. The van der Waals surface area contributed by atoms with Crippen molar-refractivity contribution >= 4 is 16.8 Å². The van der Waals surface area contributed by atoms with Gasteiger partial charge in [-0.05, 0) is 42.7 Å². The number of hydrogen-bond donors (Lipinski definition) is 1. The number of likely N-dealkylation sites (tertiary alicyclic amines) is 1. The van der Waals surface area contributed by atoms with E-state index in [0.29, 0.717) is 24.2 Å². The number of piperidine rings is 1. The lowest BCUT2D eigenvalue weighted by atomic mass is 9.92. The number of benzene rings is 1. The van der Waals surface area contributed by atoms with Gasteiger partial charge in [0.05, 0.1) is 13.5 Å². The third-order valence-electron chi connectivity index (χ3n) is 5.48. The molecule has 1 amide bonds. The van der Waals surface area contributed by atoms with Crippen molar-refractivity contribution in [2.45, 2.75) is 25.2 Å². The number of carbonyl (C=O) groups is 1. The molecule has 150 valence electrons. The third kappa shape index (κ3) is 3.99. The van der Waals surface area contributed by atoms with Crippen molar-refractivity contribution in [3.05, 3.63) is 70.0 Å². The van der Waals surface area contributed by atoms with Gasteiger partial charge in [-0.15, -0.1) is 0 Å². The van der Waals surface area contributed by atoms with Gasteiger partial charge in [0, 0.05) is 36.3 Å². The van der Waals surface area contributed by atoms with Gasteiger partial charge in [-0.3, -0.25) is 14.6 Å². The first kappa shape index (κ1) is 19.1. The zero-order chi connectivity index (χ0) is 20.4. The molecule has 1 aliphatic heterocycles. The fourth-order valence-corrected chi connectivity index (χ4v) is 3.88. The molecule has 2 aromatic heterocycles. The van der Waals surface area contributed by atoms with Crippen molar-refractivity contribution in [2.24, 2.45) is 0 Å². The molecule has 0 atom stereocenters. The number of nitrogens with one attached hydrogen (secondary N) is 1. The highest BCUT2D eigenvalue weighted by Gasteiger charge is 2.25. The van der Waals surface area contributed by atoms with Gasteiger partial charge in [-0.2, -0.15) is 0 Å². The smallest absolute Gasteiger partial charge is 0.274 e. The topological polar surface area (TPSA) is 75.3 Å². The van der Waals surface area contributed by atoms with Crippen LogP contribution >= 0.6 is 0 Å². The monoisotopic (exact) mass is 395 g/mol. The summed E-state index contributed by atoms with van der Waals surface area (Å²) < 4.78 is 18.8. The quantitative estimate of drug-likeness (QED) is 0.737. The minimum Gasteiger partial charge on any atom is -0.494 e. The predicted molar refractivity (Wildman–Crippen MR) is 108 cm³/mol. The van der Waals surface area contributed by atoms with Crippen LogP contribution < -0.4 is 10.3 Å². The summed E-state index contributed by atoms with van der Waals surface area (Å²) in [5, 5.41) is 0.825. The van der Waals surface area contributed by atoms with Crippen LogP contribution in [0.25, 0.3) is 10.9 Å². The van der Waals surface area contributed by atoms with E-state index in [1.54, 1.807) is 17.2 Å². The molecule has 1 N–H and O–H groups in total. The maximum Gasteiger partial charge on any atom is 0.274 e. The molecule has 6 nitrogen and oxygen atoms in total. The summed E-state index contributed by atoms with van der Waals surface area (Å²) in [6, 6.07) is 10.3. The molecular formula is C22H22FN3O3. The standard InChI is InChI=1S/C22H22FN3O3/c1-29-19-5-4-14(11-17(19)23)12-20(27)26-9-6-15(7-10-26)18-13-16-3-2-8-24-21(16)22(28)25-18/h2-5,8,11,13,15H,6-7,9-10,12H2,1H3,(H,25,28). The highest BCUT2D eigenvalue weighted by molar-refractivity contribution is 5.79. The molecule has 4 rings (SSSR count). The average Bonchev–Trinajstić information content (AvgIpc) is 2.74. The van der Waals surface area contributed by atoms with Gasteiger partial charge in [-0.1, -0.05) is 12.1 Å². The Kier molecular flexibility index (Phi) is 5.29. The summed E-state index contributed by atoms with van der Waals surface area (Å²) in [5.41, 5.74) is 1.77. The van der Waals surface area contributed by atoms with E-state index in [1.807, 2.05) is 18.2 Å². The Morgan fingerprint density at radius 1 is 1.28 bits per heavy atom. The van der Waals surface area contributed by atoms with Crippen LogP contribution in [0.2, 0.25) is 0 Å². The number of hydrogen-bond acceptors (Lipinski definition) is 4. The van der Waals surface area contributed by atoms with E-state index in [1.165, 1.54) is 19.2 Å². The maximum absolute atomic E-state index is 13.8. The Labute approximate surface area is 167 Å². The van der Waals surface area contributed by atoms with Crippen LogP contribution in [0.3, 0.4) is 0 Å². The van der Waals surface area contributed by atoms with Crippen LogP contribution in [-0.2, 0) is 11.2 Å². The van der Waals surface area contributed by atoms with Gasteiger partial charge in [-0.25, -0.2) is 4.39 Å². The number of methoxy groups -OCH3 is 1. The molecular weight excluding hydrogens is 373 g/mol. The van der Waals surface area contributed by atoms with E-state index >= 15 is 0 Å². The first-order valence-corrected chi connectivity index (χ1v) is 9.63. The third-order valence-corrected chi connectivity index (χ3v) is 5.48. The zero-order valence-electron chi connectivity index (χ0n) is 16.2. The number of aromatic amines is 1. The molecule has 0 spiro atoms. The number of ether oxygens (including phenoxy) is 1. The fraction of sp³-hybridized carbons (Fsp3) is 0.318. The molecule has 29 heavy (non-hydrogen) atoms. The van der Waals surface area contributed by atoms with E-state index in [-0.39, 0.29) is 29.6 Å². The van der Waals surface area contributed by atoms with Crippen molar-refractivity contribution in [1.29, 1.82) is 0 Å². The molecule has 1 aromatic carbocycles. The van der Waals surface area contributed by atoms with Gasteiger partial charge < -0.3 is 14.6 Å². The Hall–Kier alpha value is -3.22. The molecule has 3 aromatic rings. The molecule has 0 unspecified atom stereocenters. The summed E-state index contributed by atoms with van der Waals surface area (Å²) in [4.78, 5) is 33.8. The normalized spacial score (nSPS) is 14.9.